The lowest BCUT2D eigenvalue weighted by Gasteiger charge is -2.28. The first kappa shape index (κ1) is 14.7. The van der Waals surface area contributed by atoms with Crippen molar-refractivity contribution in [2.24, 2.45) is 0 Å². The highest BCUT2D eigenvalue weighted by Crippen LogP contribution is 2.32. The summed E-state index contributed by atoms with van der Waals surface area (Å²) in [5.41, 5.74) is 4.56. The van der Waals surface area contributed by atoms with Crippen LogP contribution < -0.4 is 9.64 Å². The minimum atomic E-state index is 0.652. The highest BCUT2D eigenvalue weighted by Gasteiger charge is 2.24. The van der Waals surface area contributed by atoms with Crippen LogP contribution >= 0.6 is 23.2 Å². The van der Waals surface area contributed by atoms with E-state index in [1.807, 2.05) is 31.2 Å². The number of nitrogens with one attached hydrogen (secondary N) is 1. The van der Waals surface area contributed by atoms with Crippen LogP contribution in [-0.2, 0) is 13.1 Å². The highest BCUT2D eigenvalue weighted by atomic mass is 35.5. The Kier molecular flexibility index (Phi) is 4.12. The number of ether oxygens (including phenoxy) is 1. The van der Waals surface area contributed by atoms with Gasteiger partial charge in [0.05, 0.1) is 5.56 Å². The molecular weight excluding hydrogens is 305 g/mol. The van der Waals surface area contributed by atoms with Crippen molar-refractivity contribution < 1.29 is 9.64 Å². The minimum Gasteiger partial charge on any atom is -0.445 e. The Morgan fingerprint density at radius 3 is 2.71 bits per heavy atom. The van der Waals surface area contributed by atoms with E-state index in [1.165, 1.54) is 10.5 Å². The predicted molar refractivity (Wildman–Crippen MR) is 86.2 cm³/mol. The number of hydrogen-bond acceptors (Lipinski definition) is 1. The Hall–Kier alpha value is -1.22. The van der Waals surface area contributed by atoms with Crippen molar-refractivity contribution in [2.45, 2.75) is 26.9 Å². The summed E-state index contributed by atoms with van der Waals surface area (Å²) in [4.78, 5) is 1.33. The average Bonchev–Trinajstić information content (AvgIpc) is 2.48. The molecule has 1 aliphatic rings. The number of benzene rings is 2. The molecule has 1 heterocycles. The van der Waals surface area contributed by atoms with Crippen LogP contribution in [0.3, 0.4) is 0 Å². The molecule has 1 atom stereocenters. The summed E-state index contributed by atoms with van der Waals surface area (Å²) in [6.45, 7) is 6.49. The number of quaternary nitrogens is 1. The van der Waals surface area contributed by atoms with Crippen molar-refractivity contribution in [3.8, 4) is 5.75 Å². The summed E-state index contributed by atoms with van der Waals surface area (Å²) in [6.07, 6.45) is 0. The first-order chi connectivity index (χ1) is 10.1. The smallest absolute Gasteiger partial charge is 0.222 e. The molecule has 2 nitrogen and oxygen atoms in total. The first-order valence-electron chi connectivity index (χ1n) is 7.04. The lowest BCUT2D eigenvalue weighted by Crippen LogP contribution is -3.11. The van der Waals surface area contributed by atoms with Gasteiger partial charge in [-0.1, -0.05) is 41.4 Å². The van der Waals surface area contributed by atoms with Gasteiger partial charge in [0.1, 0.15) is 18.8 Å². The third-order valence-electron chi connectivity index (χ3n) is 4.03. The Morgan fingerprint density at radius 2 is 1.95 bits per heavy atom. The van der Waals surface area contributed by atoms with Crippen molar-refractivity contribution in [3.63, 3.8) is 0 Å². The molecule has 0 aliphatic carbocycles. The standard InChI is InChI=1S/C17H17Cl2NO/c1-11-7-16-14(12(2)17(11)19)9-20(10-21-16)8-13-5-3-4-6-15(13)18/h3-7H,8-10H2,1-2H3/p+1. The van der Waals surface area contributed by atoms with Gasteiger partial charge in [-0.15, -0.1) is 0 Å². The van der Waals surface area contributed by atoms with Crippen molar-refractivity contribution in [2.75, 3.05) is 6.73 Å². The molecule has 0 spiro atoms. The SMILES string of the molecule is Cc1cc2c(c(C)c1Cl)C[NH+](Cc1ccccc1Cl)CO2. The molecular formula is C17H18Cl2NO+. The van der Waals surface area contributed by atoms with Gasteiger partial charge < -0.3 is 4.74 Å². The zero-order valence-corrected chi connectivity index (χ0v) is 13.7. The summed E-state index contributed by atoms with van der Waals surface area (Å²) < 4.78 is 5.93. The summed E-state index contributed by atoms with van der Waals surface area (Å²) in [5.74, 6) is 0.970. The van der Waals surface area contributed by atoms with Gasteiger partial charge in [-0.3, -0.25) is 4.90 Å². The molecule has 110 valence electrons. The monoisotopic (exact) mass is 322 g/mol. The van der Waals surface area contributed by atoms with E-state index in [2.05, 4.69) is 13.0 Å². The summed E-state index contributed by atoms with van der Waals surface area (Å²) in [5, 5.41) is 1.66. The predicted octanol–water partition coefficient (Wildman–Crippen LogP) is 3.55. The first-order valence-corrected chi connectivity index (χ1v) is 7.80. The van der Waals surface area contributed by atoms with Crippen molar-refractivity contribution >= 4 is 23.2 Å². The molecule has 0 fully saturated rings. The number of rotatable bonds is 2. The molecule has 0 saturated carbocycles. The van der Waals surface area contributed by atoms with E-state index in [9.17, 15) is 0 Å². The van der Waals surface area contributed by atoms with Crippen molar-refractivity contribution in [1.82, 2.24) is 0 Å². The third kappa shape index (κ3) is 2.89. The zero-order valence-electron chi connectivity index (χ0n) is 12.2. The van der Waals surface area contributed by atoms with Gasteiger partial charge in [0.2, 0.25) is 6.73 Å². The van der Waals surface area contributed by atoms with Gasteiger partial charge in [-0.25, -0.2) is 0 Å². The van der Waals surface area contributed by atoms with Crippen LogP contribution in [0.25, 0.3) is 0 Å². The fourth-order valence-electron chi connectivity index (χ4n) is 2.81. The summed E-state index contributed by atoms with van der Waals surface area (Å²) in [6, 6.07) is 10.0. The van der Waals surface area contributed by atoms with Gasteiger partial charge >= 0.3 is 0 Å². The fourth-order valence-corrected chi connectivity index (χ4v) is 3.19. The second-order valence-corrected chi connectivity index (χ2v) is 6.38. The number of fused-ring (bicyclic) bond motifs is 1. The maximum absolute atomic E-state index is 6.36. The number of hydrogen-bond donors (Lipinski definition) is 1. The largest absolute Gasteiger partial charge is 0.445 e. The Bertz CT molecular complexity index is 685. The van der Waals surface area contributed by atoms with E-state index in [0.717, 1.165) is 45.6 Å². The minimum absolute atomic E-state index is 0.652. The second kappa shape index (κ2) is 5.88. The maximum Gasteiger partial charge on any atom is 0.222 e. The molecule has 4 heteroatoms. The number of halogens is 2. The van der Waals surface area contributed by atoms with Crippen LogP contribution in [0, 0.1) is 13.8 Å². The van der Waals surface area contributed by atoms with E-state index >= 15 is 0 Å². The molecule has 1 unspecified atom stereocenters. The van der Waals surface area contributed by atoms with Crippen LogP contribution in [-0.4, -0.2) is 6.73 Å². The molecule has 0 radical (unpaired) electrons. The molecule has 1 aliphatic heterocycles. The van der Waals surface area contributed by atoms with Gasteiger partial charge in [-0.2, -0.15) is 0 Å². The molecule has 0 aromatic heterocycles. The summed E-state index contributed by atoms with van der Waals surface area (Å²) >= 11 is 12.6. The quantitative estimate of drug-likeness (QED) is 0.892. The van der Waals surface area contributed by atoms with Crippen LogP contribution in [0.2, 0.25) is 10.0 Å². The molecule has 0 bridgehead atoms. The van der Waals surface area contributed by atoms with Gasteiger partial charge in [0, 0.05) is 15.6 Å². The molecule has 0 saturated heterocycles. The highest BCUT2D eigenvalue weighted by molar-refractivity contribution is 6.32. The molecule has 2 aromatic carbocycles. The molecule has 1 N–H and O–H groups in total. The lowest BCUT2D eigenvalue weighted by atomic mass is 10.0. The van der Waals surface area contributed by atoms with Crippen molar-refractivity contribution in [3.05, 3.63) is 62.6 Å². The van der Waals surface area contributed by atoms with E-state index in [0.29, 0.717) is 6.73 Å². The fraction of sp³-hybridized carbons (Fsp3) is 0.294. The molecule has 2 aromatic rings. The summed E-state index contributed by atoms with van der Waals surface area (Å²) in [7, 11) is 0. The van der Waals surface area contributed by atoms with E-state index in [-0.39, 0.29) is 0 Å². The lowest BCUT2D eigenvalue weighted by molar-refractivity contribution is -0.945. The Labute approximate surface area is 135 Å². The van der Waals surface area contributed by atoms with Crippen LogP contribution in [0.15, 0.2) is 30.3 Å². The van der Waals surface area contributed by atoms with Crippen molar-refractivity contribution in [1.29, 1.82) is 0 Å². The third-order valence-corrected chi connectivity index (χ3v) is 4.98. The maximum atomic E-state index is 6.36. The van der Waals surface area contributed by atoms with Crippen LogP contribution in [0.5, 0.6) is 5.75 Å². The van der Waals surface area contributed by atoms with Gasteiger partial charge in [0.25, 0.3) is 0 Å². The van der Waals surface area contributed by atoms with Crippen LogP contribution in [0.1, 0.15) is 22.3 Å². The second-order valence-electron chi connectivity index (χ2n) is 5.59. The Morgan fingerprint density at radius 1 is 1.19 bits per heavy atom. The van der Waals surface area contributed by atoms with Crippen LogP contribution in [0.4, 0.5) is 0 Å². The van der Waals surface area contributed by atoms with E-state index < -0.39 is 0 Å². The van der Waals surface area contributed by atoms with E-state index in [4.69, 9.17) is 27.9 Å². The van der Waals surface area contributed by atoms with E-state index in [1.54, 1.807) is 0 Å². The van der Waals surface area contributed by atoms with Gasteiger partial charge in [-0.05, 0) is 37.1 Å². The Balaban J connectivity index is 1.85. The van der Waals surface area contributed by atoms with Gasteiger partial charge in [0.15, 0.2) is 0 Å². The molecule has 3 rings (SSSR count). The topological polar surface area (TPSA) is 13.7 Å². The molecule has 0 amide bonds. The average molecular weight is 323 g/mol. The zero-order chi connectivity index (χ0) is 15.0. The normalized spacial score (nSPS) is 17.2. The number of aryl methyl sites for hydroxylation is 1. The molecule has 21 heavy (non-hydrogen) atoms.